The number of rotatable bonds is 4. The van der Waals surface area contributed by atoms with E-state index < -0.39 is 50.3 Å². The number of aromatic carboxylic acids is 1. The highest BCUT2D eigenvalue weighted by Gasteiger charge is 2.25. The fraction of sp³-hybridized carbons (Fsp3) is 0. The van der Waals surface area contributed by atoms with Gasteiger partial charge in [-0.3, -0.25) is 4.55 Å². The SMILES string of the molecule is O=C(O)c1cccc(Nc2nc(F)nc(F)n2)c1S(=O)(=O)O. The van der Waals surface area contributed by atoms with Gasteiger partial charge in [-0.2, -0.15) is 32.2 Å². The Bertz CT molecular complexity index is 838. The molecule has 0 amide bonds. The summed E-state index contributed by atoms with van der Waals surface area (Å²) in [7, 11) is -4.95. The molecular weight excluding hydrogens is 326 g/mol. The molecule has 0 aliphatic carbocycles. The molecule has 0 radical (unpaired) electrons. The van der Waals surface area contributed by atoms with Gasteiger partial charge in [-0.15, -0.1) is 0 Å². The lowest BCUT2D eigenvalue weighted by Crippen LogP contribution is -2.12. The third kappa shape index (κ3) is 3.29. The Morgan fingerprint density at radius 1 is 1.14 bits per heavy atom. The number of aromatic nitrogens is 3. The predicted octanol–water partition coefficient (Wildman–Crippen LogP) is 0.838. The Hall–Kier alpha value is -2.73. The Balaban J connectivity index is 2.61. The summed E-state index contributed by atoms with van der Waals surface area (Å²) in [5.74, 6) is -2.35. The molecule has 1 aromatic carbocycles. The first-order chi connectivity index (χ1) is 10.2. The fourth-order valence-electron chi connectivity index (χ4n) is 1.58. The molecule has 2 rings (SSSR count). The molecule has 116 valence electrons. The minimum absolute atomic E-state index is 0.479. The van der Waals surface area contributed by atoms with Crippen LogP contribution in [0, 0.1) is 12.2 Å². The lowest BCUT2D eigenvalue weighted by molar-refractivity contribution is 0.0692. The summed E-state index contributed by atoms with van der Waals surface area (Å²) < 4.78 is 57.6. The maximum Gasteiger partial charge on any atom is 0.337 e. The molecule has 3 N–H and O–H groups in total. The molecule has 9 nitrogen and oxygen atoms in total. The van der Waals surface area contributed by atoms with E-state index in [4.69, 9.17) is 9.66 Å². The van der Waals surface area contributed by atoms with Gasteiger partial charge in [-0.1, -0.05) is 6.07 Å². The van der Waals surface area contributed by atoms with Crippen LogP contribution in [-0.4, -0.2) is 39.0 Å². The molecule has 0 bridgehead atoms. The van der Waals surface area contributed by atoms with Gasteiger partial charge >= 0.3 is 18.1 Å². The largest absolute Gasteiger partial charge is 0.478 e. The number of anilines is 2. The van der Waals surface area contributed by atoms with Crippen LogP contribution < -0.4 is 5.32 Å². The number of carboxylic acid groups (broad SMARTS) is 1. The van der Waals surface area contributed by atoms with Crippen LogP contribution in [0.15, 0.2) is 23.1 Å². The number of nitrogens with zero attached hydrogens (tertiary/aromatic N) is 3. The fourth-order valence-corrected chi connectivity index (χ4v) is 2.41. The van der Waals surface area contributed by atoms with Crippen molar-refractivity contribution in [1.29, 1.82) is 0 Å². The van der Waals surface area contributed by atoms with E-state index >= 15 is 0 Å². The summed E-state index contributed by atoms with van der Waals surface area (Å²) in [5, 5.41) is 11.1. The smallest absolute Gasteiger partial charge is 0.337 e. The highest BCUT2D eigenvalue weighted by molar-refractivity contribution is 7.86. The topological polar surface area (TPSA) is 142 Å². The first-order valence-corrected chi connectivity index (χ1v) is 6.80. The Labute approximate surface area is 121 Å². The van der Waals surface area contributed by atoms with Crippen molar-refractivity contribution in [2.75, 3.05) is 5.32 Å². The van der Waals surface area contributed by atoms with E-state index in [-0.39, 0.29) is 0 Å². The van der Waals surface area contributed by atoms with Crippen LogP contribution in [0.3, 0.4) is 0 Å². The normalized spacial score (nSPS) is 11.2. The van der Waals surface area contributed by atoms with Crippen LogP contribution in [0.4, 0.5) is 20.4 Å². The Kier molecular flexibility index (Phi) is 3.97. The first kappa shape index (κ1) is 15.7. The van der Waals surface area contributed by atoms with Gasteiger partial charge in [0.05, 0.1) is 11.3 Å². The van der Waals surface area contributed by atoms with Crippen molar-refractivity contribution in [3.05, 3.63) is 35.9 Å². The van der Waals surface area contributed by atoms with Crippen molar-refractivity contribution in [2.24, 2.45) is 0 Å². The van der Waals surface area contributed by atoms with Crippen LogP contribution in [-0.2, 0) is 10.1 Å². The third-order valence-electron chi connectivity index (χ3n) is 2.33. The minimum atomic E-state index is -4.95. The first-order valence-electron chi connectivity index (χ1n) is 5.36. The maximum absolute atomic E-state index is 12.9. The number of carbonyl (C=O) groups is 1. The van der Waals surface area contributed by atoms with Gasteiger partial charge in [0.25, 0.3) is 10.1 Å². The molecule has 0 unspecified atom stereocenters. The molecule has 1 heterocycles. The second-order valence-electron chi connectivity index (χ2n) is 3.78. The second kappa shape index (κ2) is 5.57. The standard InChI is InChI=1S/C10H6F2N4O5S/c11-8-14-9(12)16-10(15-8)13-5-3-1-2-4(7(17)18)6(5)22(19,20)21/h1-3H,(H,17,18)(H,19,20,21)(H,13,14,15,16). The summed E-state index contributed by atoms with van der Waals surface area (Å²) in [6.07, 6.45) is -2.95. The number of halogens is 2. The van der Waals surface area contributed by atoms with Gasteiger partial charge < -0.3 is 10.4 Å². The van der Waals surface area contributed by atoms with Gasteiger partial charge in [0, 0.05) is 0 Å². The zero-order chi connectivity index (χ0) is 16.5. The lowest BCUT2D eigenvalue weighted by Gasteiger charge is -2.11. The Morgan fingerprint density at radius 2 is 1.73 bits per heavy atom. The molecule has 0 fully saturated rings. The highest BCUT2D eigenvalue weighted by Crippen LogP contribution is 2.27. The number of carboxylic acids is 1. The molecule has 12 heteroatoms. The summed E-state index contributed by atoms with van der Waals surface area (Å²) >= 11 is 0. The van der Waals surface area contributed by atoms with E-state index in [0.717, 1.165) is 18.2 Å². The average Bonchev–Trinajstić information content (AvgIpc) is 2.35. The van der Waals surface area contributed by atoms with Gasteiger partial charge in [-0.25, -0.2) is 4.79 Å². The van der Waals surface area contributed by atoms with Crippen molar-refractivity contribution in [2.45, 2.75) is 4.90 Å². The van der Waals surface area contributed by atoms with Crippen molar-refractivity contribution >= 4 is 27.7 Å². The van der Waals surface area contributed by atoms with E-state index in [0.29, 0.717) is 0 Å². The van der Waals surface area contributed by atoms with E-state index in [2.05, 4.69) is 20.3 Å². The van der Waals surface area contributed by atoms with Gasteiger partial charge in [-0.05, 0) is 12.1 Å². The number of benzene rings is 1. The summed E-state index contributed by atoms with van der Waals surface area (Å²) in [5.41, 5.74) is -1.23. The maximum atomic E-state index is 12.9. The number of nitrogens with one attached hydrogen (secondary N) is 1. The van der Waals surface area contributed by atoms with Crippen molar-refractivity contribution in [1.82, 2.24) is 15.0 Å². The van der Waals surface area contributed by atoms with E-state index in [1.165, 1.54) is 0 Å². The highest BCUT2D eigenvalue weighted by atomic mass is 32.2. The molecule has 0 spiro atoms. The molecule has 2 aromatic rings. The second-order valence-corrected chi connectivity index (χ2v) is 5.14. The van der Waals surface area contributed by atoms with Crippen molar-refractivity contribution in [3.8, 4) is 0 Å². The third-order valence-corrected chi connectivity index (χ3v) is 3.29. The molecular formula is C10H6F2N4O5S. The summed E-state index contributed by atoms with van der Waals surface area (Å²) in [6, 6.07) is 3.12. The van der Waals surface area contributed by atoms with Gasteiger partial charge in [0.1, 0.15) is 4.90 Å². The van der Waals surface area contributed by atoms with E-state index in [1.807, 2.05) is 0 Å². The zero-order valence-electron chi connectivity index (χ0n) is 10.4. The Morgan fingerprint density at radius 3 is 2.23 bits per heavy atom. The predicted molar refractivity (Wildman–Crippen MR) is 66.2 cm³/mol. The van der Waals surface area contributed by atoms with Crippen molar-refractivity contribution in [3.63, 3.8) is 0 Å². The van der Waals surface area contributed by atoms with Gasteiger partial charge in [0.15, 0.2) is 0 Å². The minimum Gasteiger partial charge on any atom is -0.478 e. The number of hydrogen-bond acceptors (Lipinski definition) is 7. The van der Waals surface area contributed by atoms with Gasteiger partial charge in [0.2, 0.25) is 5.95 Å². The van der Waals surface area contributed by atoms with Crippen LogP contribution >= 0.6 is 0 Å². The molecule has 0 saturated heterocycles. The molecule has 22 heavy (non-hydrogen) atoms. The van der Waals surface area contributed by atoms with Crippen LogP contribution in [0.5, 0.6) is 0 Å². The quantitative estimate of drug-likeness (QED) is 0.694. The molecule has 0 aliphatic rings. The summed E-state index contributed by atoms with van der Waals surface area (Å²) in [6.45, 7) is 0. The van der Waals surface area contributed by atoms with Crippen LogP contribution in [0.1, 0.15) is 10.4 Å². The van der Waals surface area contributed by atoms with E-state index in [9.17, 15) is 22.0 Å². The van der Waals surface area contributed by atoms with Crippen LogP contribution in [0.2, 0.25) is 0 Å². The zero-order valence-corrected chi connectivity index (χ0v) is 11.2. The molecule has 1 aromatic heterocycles. The molecule has 0 aliphatic heterocycles. The van der Waals surface area contributed by atoms with E-state index in [1.54, 1.807) is 0 Å². The average molecular weight is 332 g/mol. The van der Waals surface area contributed by atoms with Crippen molar-refractivity contribution < 1.29 is 31.7 Å². The molecule has 0 atom stereocenters. The lowest BCUT2D eigenvalue weighted by atomic mass is 10.2. The van der Waals surface area contributed by atoms with Crippen LogP contribution in [0.25, 0.3) is 0 Å². The number of hydrogen-bond donors (Lipinski definition) is 3. The monoisotopic (exact) mass is 332 g/mol. The molecule has 0 saturated carbocycles. The summed E-state index contributed by atoms with van der Waals surface area (Å²) in [4.78, 5) is 18.8.